The summed E-state index contributed by atoms with van der Waals surface area (Å²) in [5.74, 6) is -1.38. The van der Waals surface area contributed by atoms with Crippen molar-refractivity contribution in [2.45, 2.75) is 18.9 Å². The highest BCUT2D eigenvalue weighted by atomic mass is 32.2. The summed E-state index contributed by atoms with van der Waals surface area (Å²) in [6, 6.07) is 1.71. The predicted molar refractivity (Wildman–Crippen MR) is 87.0 cm³/mol. The van der Waals surface area contributed by atoms with E-state index < -0.39 is 21.9 Å². The molecule has 3 rings (SSSR count). The van der Waals surface area contributed by atoms with Crippen molar-refractivity contribution in [3.8, 4) is 5.75 Å². The Hall–Kier alpha value is -1.82. The molecule has 1 aromatic carbocycles. The Bertz CT molecular complexity index is 955. The molecule has 0 spiro atoms. The van der Waals surface area contributed by atoms with Crippen LogP contribution in [0.15, 0.2) is 18.3 Å². The Labute approximate surface area is 147 Å². The number of fused-ring (bicyclic) bond motifs is 1. The van der Waals surface area contributed by atoms with Crippen LogP contribution in [0.3, 0.4) is 0 Å². The molecular weight excluding hydrogens is 376 g/mol. The first-order valence-electron chi connectivity index (χ1n) is 7.31. The van der Waals surface area contributed by atoms with E-state index >= 15 is 0 Å². The Kier molecular flexibility index (Phi) is 4.91. The van der Waals surface area contributed by atoms with Crippen molar-refractivity contribution in [1.82, 2.24) is 9.55 Å². The van der Waals surface area contributed by atoms with E-state index in [2.05, 4.69) is 9.17 Å². The highest BCUT2D eigenvalue weighted by molar-refractivity contribution is 7.84. The molecule has 1 atom stereocenters. The van der Waals surface area contributed by atoms with Gasteiger partial charge in [0.05, 0.1) is 12.6 Å². The second kappa shape index (κ2) is 6.83. The van der Waals surface area contributed by atoms with Crippen LogP contribution in [0.4, 0.5) is 8.78 Å². The molecule has 0 bridgehead atoms. The summed E-state index contributed by atoms with van der Waals surface area (Å²) >= 11 is 5.25. The van der Waals surface area contributed by atoms with Gasteiger partial charge >= 0.3 is 10.3 Å². The highest BCUT2D eigenvalue weighted by Gasteiger charge is 2.26. The maximum absolute atomic E-state index is 13.8. The normalized spacial score (nSPS) is 17.2. The third-order valence-corrected chi connectivity index (χ3v) is 4.63. The Morgan fingerprint density at radius 2 is 2.20 bits per heavy atom. The van der Waals surface area contributed by atoms with Gasteiger partial charge in [-0.1, -0.05) is 0 Å². The third kappa shape index (κ3) is 4.06. The SMILES string of the molecule is NS(=O)(=O)OCCc1c[nH]c(=S)n1C1COc2c(F)cc(F)cc2C1. The van der Waals surface area contributed by atoms with Crippen molar-refractivity contribution < 1.29 is 26.1 Å². The van der Waals surface area contributed by atoms with Crippen LogP contribution in [0.1, 0.15) is 17.3 Å². The van der Waals surface area contributed by atoms with Crippen LogP contribution < -0.4 is 9.88 Å². The topological polar surface area (TPSA) is 99.3 Å². The second-order valence-corrected chi connectivity index (χ2v) is 7.17. The van der Waals surface area contributed by atoms with E-state index in [0.29, 0.717) is 22.4 Å². The Morgan fingerprint density at radius 1 is 1.44 bits per heavy atom. The maximum atomic E-state index is 13.8. The average Bonchev–Trinajstić information content (AvgIpc) is 2.86. The molecule has 25 heavy (non-hydrogen) atoms. The number of aromatic amines is 1. The van der Waals surface area contributed by atoms with E-state index in [-0.39, 0.29) is 31.4 Å². The number of imidazole rings is 1. The Morgan fingerprint density at radius 3 is 2.92 bits per heavy atom. The number of rotatable bonds is 5. The fourth-order valence-corrected chi connectivity index (χ4v) is 3.50. The predicted octanol–water partition coefficient (Wildman–Crippen LogP) is 1.76. The lowest BCUT2D eigenvalue weighted by Gasteiger charge is -2.28. The summed E-state index contributed by atoms with van der Waals surface area (Å²) < 4.78 is 61.0. The minimum Gasteiger partial charge on any atom is -0.488 e. The zero-order valence-corrected chi connectivity index (χ0v) is 14.5. The average molecular weight is 391 g/mol. The van der Waals surface area contributed by atoms with E-state index in [1.165, 1.54) is 6.07 Å². The van der Waals surface area contributed by atoms with Gasteiger partial charge in [-0.05, 0) is 18.3 Å². The molecule has 0 amide bonds. The number of ether oxygens (including phenoxy) is 1. The number of aromatic nitrogens is 2. The highest BCUT2D eigenvalue weighted by Crippen LogP contribution is 2.33. The van der Waals surface area contributed by atoms with Crippen molar-refractivity contribution in [3.05, 3.63) is 46.0 Å². The summed E-state index contributed by atoms with van der Waals surface area (Å²) in [4.78, 5) is 2.87. The van der Waals surface area contributed by atoms with Crippen LogP contribution in [0.25, 0.3) is 0 Å². The quantitative estimate of drug-likeness (QED) is 0.757. The largest absolute Gasteiger partial charge is 0.488 e. The smallest absolute Gasteiger partial charge is 0.333 e. The minimum atomic E-state index is -4.03. The summed E-state index contributed by atoms with van der Waals surface area (Å²) in [6.07, 6.45) is 2.17. The van der Waals surface area contributed by atoms with Gasteiger partial charge in [0.15, 0.2) is 16.3 Å². The standard InChI is InChI=1S/C14H15F2N3O4S2/c15-9-3-8-4-11(7-22-13(8)12(16)5-9)19-10(6-18-14(19)24)1-2-23-25(17,20)21/h3,5-6,11H,1-2,4,7H2,(H,18,24)(H2,17,20,21). The zero-order valence-electron chi connectivity index (χ0n) is 12.9. The molecular formula is C14H15F2N3O4S2. The van der Waals surface area contributed by atoms with Crippen LogP contribution in [-0.4, -0.2) is 31.2 Å². The van der Waals surface area contributed by atoms with Crippen LogP contribution in [0.5, 0.6) is 5.75 Å². The number of nitrogens with one attached hydrogen (secondary N) is 1. The molecule has 11 heteroatoms. The van der Waals surface area contributed by atoms with Crippen LogP contribution in [0, 0.1) is 16.4 Å². The monoisotopic (exact) mass is 391 g/mol. The summed E-state index contributed by atoms with van der Waals surface area (Å²) in [5, 5.41) is 4.79. The number of nitrogens with two attached hydrogens (primary N) is 1. The molecule has 1 aliphatic heterocycles. The number of benzene rings is 1. The van der Waals surface area contributed by atoms with Gasteiger partial charge in [-0.25, -0.2) is 13.9 Å². The number of H-pyrrole nitrogens is 1. The lowest BCUT2D eigenvalue weighted by molar-refractivity contribution is 0.209. The van der Waals surface area contributed by atoms with Crippen LogP contribution in [0.2, 0.25) is 0 Å². The lowest BCUT2D eigenvalue weighted by atomic mass is 10.0. The zero-order chi connectivity index (χ0) is 18.2. The van der Waals surface area contributed by atoms with Gasteiger partial charge in [0.2, 0.25) is 0 Å². The molecule has 0 aliphatic carbocycles. The molecule has 3 N–H and O–H groups in total. The first kappa shape index (κ1) is 18.0. The summed E-state index contributed by atoms with van der Waals surface area (Å²) in [7, 11) is -4.03. The van der Waals surface area contributed by atoms with E-state index in [1.54, 1.807) is 10.8 Å². The fraction of sp³-hybridized carbons (Fsp3) is 0.357. The van der Waals surface area contributed by atoms with Crippen molar-refractivity contribution >= 4 is 22.5 Å². The van der Waals surface area contributed by atoms with E-state index in [9.17, 15) is 17.2 Å². The molecule has 2 aromatic rings. The van der Waals surface area contributed by atoms with Crippen molar-refractivity contribution in [3.63, 3.8) is 0 Å². The van der Waals surface area contributed by atoms with Gasteiger partial charge in [-0.2, -0.15) is 8.42 Å². The molecule has 0 fully saturated rings. The molecule has 0 saturated heterocycles. The van der Waals surface area contributed by atoms with Gasteiger partial charge in [0, 0.05) is 36.4 Å². The van der Waals surface area contributed by atoms with Gasteiger partial charge in [0.25, 0.3) is 0 Å². The first-order valence-corrected chi connectivity index (χ1v) is 9.19. The van der Waals surface area contributed by atoms with E-state index in [4.69, 9.17) is 22.1 Å². The second-order valence-electron chi connectivity index (χ2n) is 5.56. The number of nitrogens with zero attached hydrogens (tertiary/aromatic N) is 1. The third-order valence-electron chi connectivity index (χ3n) is 3.82. The summed E-state index contributed by atoms with van der Waals surface area (Å²) in [5.41, 5.74) is 1.08. The minimum absolute atomic E-state index is 0.0406. The first-order chi connectivity index (χ1) is 11.7. The molecule has 0 radical (unpaired) electrons. The Balaban J connectivity index is 1.83. The molecule has 1 aromatic heterocycles. The maximum Gasteiger partial charge on any atom is 0.333 e. The van der Waals surface area contributed by atoms with E-state index in [0.717, 1.165) is 6.07 Å². The molecule has 1 unspecified atom stereocenters. The number of hydrogen-bond acceptors (Lipinski definition) is 5. The van der Waals surface area contributed by atoms with Gasteiger partial charge in [0.1, 0.15) is 12.4 Å². The molecule has 136 valence electrons. The van der Waals surface area contributed by atoms with Crippen molar-refractivity contribution in [2.75, 3.05) is 13.2 Å². The van der Waals surface area contributed by atoms with E-state index in [1.807, 2.05) is 0 Å². The van der Waals surface area contributed by atoms with Gasteiger partial charge in [-0.3, -0.25) is 4.18 Å². The van der Waals surface area contributed by atoms with Crippen molar-refractivity contribution in [1.29, 1.82) is 0 Å². The molecule has 7 nitrogen and oxygen atoms in total. The molecule has 2 heterocycles. The fourth-order valence-electron chi connectivity index (χ4n) is 2.85. The van der Waals surface area contributed by atoms with Crippen LogP contribution >= 0.6 is 12.2 Å². The molecule has 1 aliphatic rings. The van der Waals surface area contributed by atoms with Crippen LogP contribution in [-0.2, 0) is 27.3 Å². The molecule has 0 saturated carbocycles. The number of hydrogen-bond donors (Lipinski definition) is 2. The van der Waals surface area contributed by atoms with Gasteiger partial charge < -0.3 is 14.3 Å². The van der Waals surface area contributed by atoms with Gasteiger partial charge in [-0.15, -0.1) is 0 Å². The summed E-state index contributed by atoms with van der Waals surface area (Å²) in [6.45, 7) is -0.0103. The lowest BCUT2D eigenvalue weighted by Crippen LogP contribution is -2.27. The number of halogens is 2. The van der Waals surface area contributed by atoms with Crippen molar-refractivity contribution in [2.24, 2.45) is 5.14 Å².